The number of thioether (sulfide) groups is 1. The van der Waals surface area contributed by atoms with Crippen LogP contribution in [0.2, 0.25) is 0 Å². The lowest BCUT2D eigenvalue weighted by Gasteiger charge is -2.07. The number of nitrogens with zero attached hydrogens (tertiary/aromatic N) is 1. The number of hydrogen-bond acceptors (Lipinski definition) is 6. The van der Waals surface area contributed by atoms with Crippen LogP contribution in [0.4, 0.5) is 0 Å². The normalized spacial score (nSPS) is 11.8. The average Bonchev–Trinajstić information content (AvgIpc) is 3.04. The number of aromatic nitrogens is 1. The van der Waals surface area contributed by atoms with E-state index in [0.717, 1.165) is 31.6 Å². The molecule has 8 heteroatoms. The summed E-state index contributed by atoms with van der Waals surface area (Å²) in [5.74, 6) is 1.73. The van der Waals surface area contributed by atoms with Gasteiger partial charge in [0.05, 0.1) is 22.2 Å². The zero-order chi connectivity index (χ0) is 18.6. The summed E-state index contributed by atoms with van der Waals surface area (Å²) in [6, 6.07) is 12.7. The maximum Gasteiger partial charge on any atom is 0.240 e. The van der Waals surface area contributed by atoms with Gasteiger partial charge in [-0.25, -0.2) is 18.1 Å². The molecule has 0 radical (unpaired) electrons. The first-order valence-corrected chi connectivity index (χ1v) is 11.5. The fourth-order valence-corrected chi connectivity index (χ4v) is 5.58. The number of ether oxygens (including phenoxy) is 1. The summed E-state index contributed by atoms with van der Waals surface area (Å²) in [6.45, 7) is 2.41. The van der Waals surface area contributed by atoms with Crippen molar-refractivity contribution in [3.63, 3.8) is 0 Å². The highest BCUT2D eigenvalue weighted by molar-refractivity contribution is 8.01. The highest BCUT2D eigenvalue weighted by Gasteiger charge is 2.15. The predicted molar refractivity (Wildman–Crippen MR) is 108 cm³/mol. The molecule has 2 aromatic carbocycles. The van der Waals surface area contributed by atoms with E-state index in [4.69, 9.17) is 4.74 Å². The summed E-state index contributed by atoms with van der Waals surface area (Å²) in [4.78, 5) is 4.77. The molecule has 1 N–H and O–H groups in total. The molecule has 26 heavy (non-hydrogen) atoms. The number of sulfonamides is 1. The van der Waals surface area contributed by atoms with Crippen LogP contribution in [0.15, 0.2) is 51.7 Å². The maximum atomic E-state index is 12.5. The van der Waals surface area contributed by atoms with Crippen molar-refractivity contribution in [2.24, 2.45) is 0 Å². The Labute approximate surface area is 161 Å². The van der Waals surface area contributed by atoms with Gasteiger partial charge in [0.15, 0.2) is 4.34 Å². The lowest BCUT2D eigenvalue weighted by atomic mass is 10.1. The second kappa shape index (κ2) is 8.39. The maximum absolute atomic E-state index is 12.5. The molecule has 0 aliphatic rings. The summed E-state index contributed by atoms with van der Waals surface area (Å²) in [6.07, 6.45) is 0.614. The minimum absolute atomic E-state index is 0.274. The molecular formula is C18H20N2O3S3. The first-order valence-electron chi connectivity index (χ1n) is 8.18. The molecule has 0 unspecified atom stereocenters. The highest BCUT2D eigenvalue weighted by atomic mass is 32.2. The molecule has 0 spiro atoms. The molecule has 138 valence electrons. The van der Waals surface area contributed by atoms with Gasteiger partial charge in [0.25, 0.3) is 0 Å². The Morgan fingerprint density at radius 1 is 1.19 bits per heavy atom. The lowest BCUT2D eigenvalue weighted by molar-refractivity contribution is 0.414. The number of rotatable bonds is 8. The van der Waals surface area contributed by atoms with E-state index in [9.17, 15) is 8.42 Å². The van der Waals surface area contributed by atoms with Gasteiger partial charge >= 0.3 is 0 Å². The third-order valence-electron chi connectivity index (χ3n) is 3.78. The molecule has 5 nitrogen and oxygen atoms in total. The van der Waals surface area contributed by atoms with Crippen LogP contribution in [-0.2, 0) is 16.4 Å². The Morgan fingerprint density at radius 2 is 1.96 bits per heavy atom. The van der Waals surface area contributed by atoms with Crippen molar-refractivity contribution in [2.75, 3.05) is 19.4 Å². The fourth-order valence-electron chi connectivity index (χ4n) is 2.44. The van der Waals surface area contributed by atoms with Crippen LogP contribution < -0.4 is 9.46 Å². The lowest BCUT2D eigenvalue weighted by Crippen LogP contribution is -2.25. The highest BCUT2D eigenvalue weighted by Crippen LogP contribution is 2.30. The van der Waals surface area contributed by atoms with E-state index < -0.39 is 10.0 Å². The van der Waals surface area contributed by atoms with E-state index in [1.54, 1.807) is 37.1 Å². The zero-order valence-electron chi connectivity index (χ0n) is 14.6. The minimum Gasteiger partial charge on any atom is -0.497 e. The minimum atomic E-state index is -3.54. The van der Waals surface area contributed by atoms with Gasteiger partial charge in [-0.1, -0.05) is 30.8 Å². The molecule has 0 saturated carbocycles. The van der Waals surface area contributed by atoms with Gasteiger partial charge in [0.1, 0.15) is 5.75 Å². The van der Waals surface area contributed by atoms with Gasteiger partial charge < -0.3 is 4.74 Å². The van der Waals surface area contributed by atoms with Crippen molar-refractivity contribution < 1.29 is 13.2 Å². The van der Waals surface area contributed by atoms with Crippen LogP contribution in [-0.4, -0.2) is 32.8 Å². The van der Waals surface area contributed by atoms with Gasteiger partial charge in [0, 0.05) is 6.54 Å². The molecule has 1 heterocycles. The predicted octanol–water partition coefficient (Wildman–Crippen LogP) is 3.94. The number of nitrogens with one attached hydrogen (secondary N) is 1. The Kier molecular flexibility index (Phi) is 6.18. The molecule has 3 rings (SSSR count). The van der Waals surface area contributed by atoms with Crippen molar-refractivity contribution >= 4 is 43.3 Å². The number of methoxy groups -OCH3 is 1. The van der Waals surface area contributed by atoms with E-state index in [0.29, 0.717) is 13.0 Å². The first kappa shape index (κ1) is 19.2. The molecule has 3 aromatic rings. The Bertz CT molecular complexity index is 983. The Hall–Kier alpha value is -1.61. The van der Waals surface area contributed by atoms with E-state index in [-0.39, 0.29) is 4.90 Å². The van der Waals surface area contributed by atoms with E-state index in [2.05, 4.69) is 16.6 Å². The molecule has 0 bridgehead atoms. The van der Waals surface area contributed by atoms with E-state index in [1.165, 1.54) is 11.3 Å². The fraction of sp³-hybridized carbons (Fsp3) is 0.278. The molecular weight excluding hydrogens is 388 g/mol. The van der Waals surface area contributed by atoms with Gasteiger partial charge in [-0.3, -0.25) is 0 Å². The SMILES string of the molecule is CCSc1nc2ccc(S(=O)(=O)NCCc3ccc(OC)cc3)cc2s1. The molecule has 0 atom stereocenters. The monoisotopic (exact) mass is 408 g/mol. The summed E-state index contributed by atoms with van der Waals surface area (Å²) in [5.41, 5.74) is 1.88. The van der Waals surface area contributed by atoms with Gasteiger partial charge in [-0.15, -0.1) is 11.3 Å². The van der Waals surface area contributed by atoms with Crippen molar-refractivity contribution in [2.45, 2.75) is 22.6 Å². The summed E-state index contributed by atoms with van der Waals surface area (Å²) in [5, 5.41) is 0. The molecule has 1 aromatic heterocycles. The van der Waals surface area contributed by atoms with Gasteiger partial charge in [-0.2, -0.15) is 0 Å². The van der Waals surface area contributed by atoms with Crippen molar-refractivity contribution in [1.29, 1.82) is 0 Å². The molecule has 0 aliphatic carbocycles. The molecule has 0 fully saturated rings. The van der Waals surface area contributed by atoms with Crippen molar-refractivity contribution in [3.8, 4) is 5.75 Å². The Morgan fingerprint density at radius 3 is 2.65 bits per heavy atom. The summed E-state index contributed by atoms with van der Waals surface area (Å²) < 4.78 is 34.7. The van der Waals surface area contributed by atoms with Crippen molar-refractivity contribution in [1.82, 2.24) is 9.71 Å². The quantitative estimate of drug-likeness (QED) is 0.572. The van der Waals surface area contributed by atoms with Crippen LogP contribution in [0.5, 0.6) is 5.75 Å². The Balaban J connectivity index is 1.67. The summed E-state index contributed by atoms with van der Waals surface area (Å²) in [7, 11) is -1.92. The largest absolute Gasteiger partial charge is 0.497 e. The van der Waals surface area contributed by atoms with Crippen LogP contribution in [0, 0.1) is 0 Å². The number of fused-ring (bicyclic) bond motifs is 1. The molecule has 0 amide bonds. The third-order valence-corrected chi connectivity index (χ3v) is 7.29. The van der Waals surface area contributed by atoms with Crippen LogP contribution >= 0.6 is 23.1 Å². The first-order chi connectivity index (χ1) is 12.5. The molecule has 0 aliphatic heterocycles. The topological polar surface area (TPSA) is 68.3 Å². The zero-order valence-corrected chi connectivity index (χ0v) is 17.0. The number of benzene rings is 2. The van der Waals surface area contributed by atoms with Crippen LogP contribution in [0.1, 0.15) is 12.5 Å². The van der Waals surface area contributed by atoms with E-state index >= 15 is 0 Å². The summed E-state index contributed by atoms with van der Waals surface area (Å²) >= 11 is 3.19. The number of hydrogen-bond donors (Lipinski definition) is 1. The standard InChI is InChI=1S/C18H20N2O3S3/c1-3-24-18-20-16-9-8-15(12-17(16)25-18)26(21,22)19-11-10-13-4-6-14(23-2)7-5-13/h4-9,12,19H,3,10-11H2,1-2H3. The average molecular weight is 409 g/mol. The second-order valence-electron chi connectivity index (χ2n) is 5.54. The third kappa shape index (κ3) is 4.56. The smallest absolute Gasteiger partial charge is 0.240 e. The van der Waals surface area contributed by atoms with Crippen LogP contribution in [0.25, 0.3) is 10.2 Å². The van der Waals surface area contributed by atoms with E-state index in [1.807, 2.05) is 24.3 Å². The van der Waals surface area contributed by atoms with Crippen molar-refractivity contribution in [3.05, 3.63) is 48.0 Å². The van der Waals surface area contributed by atoms with Gasteiger partial charge in [-0.05, 0) is 48.1 Å². The van der Waals surface area contributed by atoms with Crippen LogP contribution in [0.3, 0.4) is 0 Å². The van der Waals surface area contributed by atoms with Gasteiger partial charge in [0.2, 0.25) is 10.0 Å². The molecule has 0 saturated heterocycles. The number of thiazole rings is 1. The second-order valence-corrected chi connectivity index (χ2v) is 9.85.